The van der Waals surface area contributed by atoms with Crippen molar-refractivity contribution in [2.45, 2.75) is 116 Å². The Labute approximate surface area is 241 Å². The van der Waals surface area contributed by atoms with Gasteiger partial charge in [-0.1, -0.05) is 128 Å². The molecular formula is C36H53N2P. The molecule has 4 rings (SSSR count). The zero-order valence-electron chi connectivity index (χ0n) is 25.4. The van der Waals surface area contributed by atoms with E-state index >= 15 is 0 Å². The number of rotatable bonds is 12. The predicted octanol–water partition coefficient (Wildman–Crippen LogP) is 11.2. The first-order valence-corrected chi connectivity index (χ1v) is 16.8. The molecule has 0 radical (unpaired) electrons. The Kier molecular flexibility index (Phi) is 13.0. The Morgan fingerprint density at radius 1 is 0.974 bits per heavy atom. The van der Waals surface area contributed by atoms with E-state index in [9.17, 15) is 0 Å². The van der Waals surface area contributed by atoms with Crippen LogP contribution in [0.2, 0.25) is 0 Å². The average Bonchev–Trinajstić information content (AvgIpc) is 3.21. The van der Waals surface area contributed by atoms with E-state index in [4.69, 9.17) is 4.99 Å². The van der Waals surface area contributed by atoms with Crippen molar-refractivity contribution >= 4 is 31.7 Å². The lowest BCUT2D eigenvalue weighted by molar-refractivity contribution is 0.513. The number of allylic oxidation sites excluding steroid dienone is 2. The van der Waals surface area contributed by atoms with E-state index in [0.717, 1.165) is 43.4 Å². The number of aryl methyl sites for hydroxylation is 1. The van der Waals surface area contributed by atoms with Gasteiger partial charge in [-0.3, -0.25) is 4.99 Å². The van der Waals surface area contributed by atoms with Crippen molar-refractivity contribution in [3.8, 4) is 0 Å². The molecule has 3 heteroatoms. The third-order valence-corrected chi connectivity index (χ3v) is 9.68. The fourth-order valence-corrected chi connectivity index (χ4v) is 7.39. The van der Waals surface area contributed by atoms with Gasteiger partial charge in [-0.2, -0.15) is 0 Å². The summed E-state index contributed by atoms with van der Waals surface area (Å²) in [6.07, 6.45) is 21.1. The Hall–Kier alpha value is -2.18. The number of aliphatic imine (C=N–C) groups is 1. The highest BCUT2D eigenvalue weighted by molar-refractivity contribution is 7.38. The molecule has 2 aromatic carbocycles. The smallest absolute Gasteiger partial charge is 0.0912 e. The van der Waals surface area contributed by atoms with Crippen LogP contribution in [0.1, 0.15) is 116 Å². The van der Waals surface area contributed by atoms with Crippen LogP contribution in [0, 0.1) is 0 Å². The maximum Gasteiger partial charge on any atom is 0.0912 e. The minimum atomic E-state index is -0.114. The first-order chi connectivity index (χ1) is 18.9. The van der Waals surface area contributed by atoms with Gasteiger partial charge in [-0.15, -0.1) is 8.58 Å². The quantitative estimate of drug-likeness (QED) is 0.208. The maximum absolute atomic E-state index is 5.16. The van der Waals surface area contributed by atoms with E-state index in [2.05, 4.69) is 94.2 Å². The second-order valence-electron chi connectivity index (χ2n) is 11.9. The molecule has 1 N–H and O–H groups in total. The molecular weight excluding hydrogens is 491 g/mol. The number of anilines is 1. The van der Waals surface area contributed by atoms with Crippen molar-refractivity contribution in [2.24, 2.45) is 4.99 Å². The van der Waals surface area contributed by atoms with E-state index in [1.165, 1.54) is 87.1 Å². The fraction of sp³-hybridized carbons (Fsp3) is 0.528. The number of hydrogen-bond donors (Lipinski definition) is 1. The number of unbranched alkanes of at least 4 members (excludes halogenated alkanes) is 4. The molecule has 1 saturated carbocycles. The van der Waals surface area contributed by atoms with Crippen molar-refractivity contribution in [2.75, 3.05) is 11.5 Å². The summed E-state index contributed by atoms with van der Waals surface area (Å²) < 4.78 is 0. The van der Waals surface area contributed by atoms with Crippen molar-refractivity contribution in [1.29, 1.82) is 0 Å². The molecule has 1 atom stereocenters. The second-order valence-corrected chi connectivity index (χ2v) is 13.6. The van der Waals surface area contributed by atoms with E-state index in [-0.39, 0.29) is 5.41 Å². The van der Waals surface area contributed by atoms with Gasteiger partial charge in [0, 0.05) is 11.1 Å². The molecule has 0 amide bonds. The predicted molar refractivity (Wildman–Crippen MR) is 179 cm³/mol. The molecule has 1 aliphatic carbocycles. The summed E-state index contributed by atoms with van der Waals surface area (Å²) in [7, 11) is 1.09. The lowest BCUT2D eigenvalue weighted by atomic mass is 9.78. The van der Waals surface area contributed by atoms with Crippen molar-refractivity contribution in [3.63, 3.8) is 0 Å². The van der Waals surface area contributed by atoms with Crippen LogP contribution in [0.4, 0.5) is 11.4 Å². The number of nitrogens with zero attached hydrogens (tertiary/aromatic N) is 1. The normalized spacial score (nSPS) is 16.7. The molecule has 0 saturated heterocycles. The van der Waals surface area contributed by atoms with E-state index in [1.807, 2.05) is 6.92 Å². The highest BCUT2D eigenvalue weighted by Crippen LogP contribution is 2.47. The Morgan fingerprint density at radius 3 is 2.31 bits per heavy atom. The maximum atomic E-state index is 5.16. The zero-order valence-corrected chi connectivity index (χ0v) is 26.4. The van der Waals surface area contributed by atoms with E-state index < -0.39 is 0 Å². The molecule has 0 spiro atoms. The van der Waals surface area contributed by atoms with E-state index in [0.29, 0.717) is 0 Å². The molecule has 2 aromatic rings. The van der Waals surface area contributed by atoms with Gasteiger partial charge in [0.15, 0.2) is 0 Å². The lowest BCUT2D eigenvalue weighted by Crippen LogP contribution is -2.25. The summed E-state index contributed by atoms with van der Waals surface area (Å²) in [6.45, 7) is 15.2. The van der Waals surface area contributed by atoms with Crippen LogP contribution in [-0.2, 0) is 11.8 Å². The molecule has 39 heavy (non-hydrogen) atoms. The van der Waals surface area contributed by atoms with Crippen LogP contribution in [-0.4, -0.2) is 17.5 Å². The van der Waals surface area contributed by atoms with Gasteiger partial charge in [-0.05, 0) is 66.8 Å². The first kappa shape index (κ1) is 31.3. The molecule has 212 valence electrons. The van der Waals surface area contributed by atoms with Crippen molar-refractivity contribution < 1.29 is 0 Å². The van der Waals surface area contributed by atoms with Gasteiger partial charge in [0.1, 0.15) is 0 Å². The monoisotopic (exact) mass is 544 g/mol. The third kappa shape index (κ3) is 9.46. The van der Waals surface area contributed by atoms with Crippen LogP contribution in [0.25, 0.3) is 6.08 Å². The number of nitrogens with one attached hydrogen (secondary N) is 1. The van der Waals surface area contributed by atoms with Gasteiger partial charge >= 0.3 is 0 Å². The molecule has 0 bridgehead atoms. The fourth-order valence-electron chi connectivity index (χ4n) is 5.75. The molecule has 0 aromatic heterocycles. The van der Waals surface area contributed by atoms with Gasteiger partial charge in [0.25, 0.3) is 0 Å². The summed E-state index contributed by atoms with van der Waals surface area (Å²) in [5.41, 5.74) is 9.16. The minimum Gasteiger partial charge on any atom is -0.358 e. The number of benzene rings is 2. The topological polar surface area (TPSA) is 24.4 Å². The van der Waals surface area contributed by atoms with Crippen LogP contribution < -0.4 is 5.32 Å². The SMILES string of the molecule is C=C(C)Nc1ccc(CCPC2CCCCC2)c2c1N=C(/C=C/c1ccccc1)C2(C)C.CCCCCCC. The Bertz CT molecular complexity index is 1090. The largest absolute Gasteiger partial charge is 0.358 e. The standard InChI is InChI=1S/C29H37N2P.C7H16/c1-21(2)30-25-17-16-23(19-20-32-24-13-9-6-10-14-24)27-28(25)31-26(29(27,3)4)18-15-22-11-7-5-8-12-22;1-3-5-7-6-4-2/h5,7-8,11-12,15-18,24,30,32H,1,6,9-10,13-14,19-20H2,2-4H3;3-7H2,1-2H3/b18-15+;. The third-order valence-electron chi connectivity index (χ3n) is 7.98. The van der Waals surface area contributed by atoms with E-state index in [1.54, 1.807) is 0 Å². The molecule has 1 unspecified atom stereocenters. The van der Waals surface area contributed by atoms with Crippen LogP contribution in [0.5, 0.6) is 0 Å². The highest BCUT2D eigenvalue weighted by Gasteiger charge is 2.37. The van der Waals surface area contributed by atoms with Gasteiger partial charge in [0.05, 0.1) is 17.1 Å². The summed E-state index contributed by atoms with van der Waals surface area (Å²) >= 11 is 0. The minimum absolute atomic E-state index is 0.114. The van der Waals surface area contributed by atoms with Gasteiger partial charge in [-0.25, -0.2) is 0 Å². The number of fused-ring (bicyclic) bond motifs is 1. The summed E-state index contributed by atoms with van der Waals surface area (Å²) in [6, 6.07) is 15.0. The summed E-state index contributed by atoms with van der Waals surface area (Å²) in [4.78, 5) is 5.16. The Morgan fingerprint density at radius 2 is 1.67 bits per heavy atom. The average molecular weight is 545 g/mol. The van der Waals surface area contributed by atoms with Crippen LogP contribution in [0.3, 0.4) is 0 Å². The first-order valence-electron chi connectivity index (χ1n) is 15.5. The second kappa shape index (κ2) is 16.2. The number of hydrogen-bond acceptors (Lipinski definition) is 2. The summed E-state index contributed by atoms with van der Waals surface area (Å²) in [5, 5.41) is 3.45. The molecule has 1 heterocycles. The molecule has 1 fully saturated rings. The molecule has 1 aliphatic heterocycles. The summed E-state index contributed by atoms with van der Waals surface area (Å²) in [5.74, 6) is 0. The highest BCUT2D eigenvalue weighted by atomic mass is 31.1. The molecule has 2 nitrogen and oxygen atoms in total. The van der Waals surface area contributed by atoms with Crippen LogP contribution >= 0.6 is 8.58 Å². The van der Waals surface area contributed by atoms with Crippen LogP contribution in [0.15, 0.2) is 65.8 Å². The lowest BCUT2D eigenvalue weighted by Gasteiger charge is -2.25. The van der Waals surface area contributed by atoms with Crippen molar-refractivity contribution in [1.82, 2.24) is 0 Å². The van der Waals surface area contributed by atoms with Crippen molar-refractivity contribution in [3.05, 3.63) is 77.5 Å². The molecule has 2 aliphatic rings. The zero-order chi connectivity index (χ0) is 28.1. The van der Waals surface area contributed by atoms with Gasteiger partial charge < -0.3 is 5.32 Å². The van der Waals surface area contributed by atoms with Gasteiger partial charge in [0.2, 0.25) is 0 Å². The Balaban J connectivity index is 0.000000532.